The van der Waals surface area contributed by atoms with Gasteiger partial charge in [0, 0.05) is 17.7 Å². The van der Waals surface area contributed by atoms with Crippen LogP contribution in [-0.2, 0) is 81.4 Å². The van der Waals surface area contributed by atoms with E-state index in [1.807, 2.05) is 16.0 Å². The van der Waals surface area contributed by atoms with Crippen molar-refractivity contribution in [3.63, 3.8) is 0 Å². The minimum Gasteiger partial charge on any atom is -0.481 e. The van der Waals surface area contributed by atoms with Gasteiger partial charge in [-0.1, -0.05) is 19.1 Å². The van der Waals surface area contributed by atoms with E-state index in [9.17, 15) is 102 Å². The number of esters is 1. The maximum atomic E-state index is 14.3. The molecule has 0 bridgehead atoms. The van der Waals surface area contributed by atoms with Crippen LogP contribution in [0.4, 0.5) is 5.69 Å². The van der Waals surface area contributed by atoms with Crippen molar-refractivity contribution in [1.29, 1.82) is 0 Å². The molecule has 37 heteroatoms. The van der Waals surface area contributed by atoms with Crippen LogP contribution < -0.4 is 81.4 Å². The number of hydrogen-bond acceptors (Lipinski definition) is 22. The number of Topliss-reactive ketones (excluding diaryl/α,β-unsaturated/α-hetero) is 1. The topological polar surface area (TPSA) is 617 Å². The number of aliphatic carboxylic acids is 3. The number of carbonyl (C=O) groups excluding carboxylic acids is 14. The number of ketones is 1. The minimum absolute atomic E-state index is 0.0331. The minimum atomic E-state index is -2.26. The van der Waals surface area contributed by atoms with Gasteiger partial charge >= 0.3 is 23.9 Å². The van der Waals surface area contributed by atoms with Gasteiger partial charge in [-0.15, -0.1) is 0 Å². The van der Waals surface area contributed by atoms with Crippen molar-refractivity contribution >= 4 is 106 Å². The Kier molecular flexibility index (Phi) is 29.6. The predicted molar refractivity (Wildman–Crippen MR) is 289 cm³/mol. The van der Waals surface area contributed by atoms with E-state index in [0.29, 0.717) is 0 Å². The number of cyclic esters (lactones) is 1. The Morgan fingerprint density at radius 2 is 1.14 bits per heavy atom. The molecular formula is C49H71N15O22. The summed E-state index contributed by atoms with van der Waals surface area (Å²) >= 11 is 0. The fourth-order valence-electron chi connectivity index (χ4n) is 7.65. The van der Waals surface area contributed by atoms with E-state index >= 15 is 0 Å². The molecule has 11 atom stereocenters. The highest BCUT2D eigenvalue weighted by atomic mass is 16.5. The van der Waals surface area contributed by atoms with Crippen molar-refractivity contribution in [2.24, 2.45) is 17.2 Å². The molecule has 0 radical (unpaired) electrons. The Balaban J connectivity index is 2.83. The number of nitrogens with two attached hydrogens (primary N) is 4. The number of anilines is 1. The second-order valence-corrected chi connectivity index (χ2v) is 19.1. The van der Waals surface area contributed by atoms with Gasteiger partial charge in [-0.3, -0.25) is 76.7 Å². The molecule has 2 rings (SSSR count). The van der Waals surface area contributed by atoms with Crippen LogP contribution in [0.3, 0.4) is 0 Å². The van der Waals surface area contributed by atoms with Gasteiger partial charge in [-0.25, -0.2) is 4.79 Å². The molecule has 1 aromatic rings. The number of ether oxygens (including phenoxy) is 1. The molecule has 0 spiro atoms. The summed E-state index contributed by atoms with van der Waals surface area (Å²) in [6.45, 7) is -0.187. The van der Waals surface area contributed by atoms with Crippen LogP contribution in [0.25, 0.3) is 0 Å². The van der Waals surface area contributed by atoms with E-state index in [1.54, 1.807) is 0 Å². The number of carboxylic acids is 3. The number of para-hydroxylation sites is 1. The molecule has 0 saturated carbocycles. The van der Waals surface area contributed by atoms with Gasteiger partial charge < -0.3 is 107 Å². The van der Waals surface area contributed by atoms with Crippen LogP contribution >= 0.6 is 0 Å². The monoisotopic (exact) mass is 1220 g/mol. The van der Waals surface area contributed by atoms with E-state index in [-0.39, 0.29) is 37.1 Å². The first-order valence-corrected chi connectivity index (χ1v) is 26.2. The zero-order chi connectivity index (χ0) is 65.1. The third-order valence-corrected chi connectivity index (χ3v) is 12.2. The van der Waals surface area contributed by atoms with Crippen LogP contribution in [0, 0.1) is 0 Å². The second-order valence-electron chi connectivity index (χ2n) is 19.1. The van der Waals surface area contributed by atoms with E-state index in [0.717, 1.165) is 13.8 Å². The number of amides is 12. The molecule has 1 saturated heterocycles. The lowest BCUT2D eigenvalue weighted by Crippen LogP contribution is -2.61. The summed E-state index contributed by atoms with van der Waals surface area (Å²) in [7, 11) is 0. The number of hydrogen-bond donors (Lipinski definition) is 19. The quantitative estimate of drug-likeness (QED) is 0.0327. The number of nitrogen functional groups attached to an aromatic ring is 1. The summed E-state index contributed by atoms with van der Waals surface area (Å²) < 4.78 is 5.54. The predicted octanol–water partition coefficient (Wildman–Crippen LogP) is -9.83. The molecular weight excluding hydrogens is 1150 g/mol. The second kappa shape index (κ2) is 35.3. The zero-order valence-corrected chi connectivity index (χ0v) is 46.6. The van der Waals surface area contributed by atoms with Crippen LogP contribution in [0.15, 0.2) is 24.3 Å². The van der Waals surface area contributed by atoms with Gasteiger partial charge in [-0.2, -0.15) is 0 Å². The van der Waals surface area contributed by atoms with Crippen molar-refractivity contribution in [1.82, 2.24) is 58.5 Å². The van der Waals surface area contributed by atoms with Gasteiger partial charge in [0.25, 0.3) is 0 Å². The Morgan fingerprint density at radius 3 is 1.69 bits per heavy atom. The van der Waals surface area contributed by atoms with E-state index in [4.69, 9.17) is 27.7 Å². The molecule has 0 aliphatic carbocycles. The Hall–Kier alpha value is -9.91. The van der Waals surface area contributed by atoms with Gasteiger partial charge in [0.1, 0.15) is 60.5 Å². The third-order valence-electron chi connectivity index (χ3n) is 12.2. The molecule has 0 aromatic heterocycles. The summed E-state index contributed by atoms with van der Waals surface area (Å²) in [6.07, 6.45) is -7.99. The first-order valence-electron chi connectivity index (χ1n) is 26.2. The molecule has 1 aliphatic heterocycles. The van der Waals surface area contributed by atoms with Crippen LogP contribution in [0.5, 0.6) is 0 Å². The molecule has 23 N–H and O–H groups in total. The van der Waals surface area contributed by atoms with E-state index in [2.05, 4.69) is 42.5 Å². The van der Waals surface area contributed by atoms with Crippen LogP contribution in [0.2, 0.25) is 0 Å². The first kappa shape index (κ1) is 72.2. The molecule has 474 valence electrons. The van der Waals surface area contributed by atoms with Crippen molar-refractivity contribution in [2.45, 2.75) is 139 Å². The highest BCUT2D eigenvalue weighted by Gasteiger charge is 2.39. The molecule has 1 aromatic carbocycles. The number of benzene rings is 1. The highest BCUT2D eigenvalue weighted by molar-refractivity contribution is 6.04. The molecule has 1 aliphatic rings. The van der Waals surface area contributed by atoms with Crippen LogP contribution in [-0.4, -0.2) is 214 Å². The fraction of sp³-hybridized carbons (Fsp3) is 0.531. The maximum absolute atomic E-state index is 14.3. The number of rotatable bonds is 20. The fourth-order valence-corrected chi connectivity index (χ4v) is 7.65. The van der Waals surface area contributed by atoms with Crippen LogP contribution in [0.1, 0.15) is 82.5 Å². The normalized spacial score (nSPS) is 23.7. The average molecular weight is 1220 g/mol. The summed E-state index contributed by atoms with van der Waals surface area (Å²) in [5, 5.41) is 62.1. The maximum Gasteiger partial charge on any atom is 0.329 e. The number of carboxylic acid groups (broad SMARTS) is 3. The largest absolute Gasteiger partial charge is 0.481 e. The molecule has 86 heavy (non-hydrogen) atoms. The van der Waals surface area contributed by atoms with E-state index < -0.39 is 219 Å². The van der Waals surface area contributed by atoms with Crippen molar-refractivity contribution in [3.05, 3.63) is 29.8 Å². The SMILES string of the molecule is CCC1NC(=O)C(CO)NC(=O)CNC(=O)C(CC(=O)O)NC(=O)C(C)NC(=O)C(CC(=O)O)NC(=O)C(CCCN)NC(=O)CNC(=O)C(NC(=O)C(CC(=O)O)NC(=O)C(N)CC(N)=O)C(C)OC(=O)C(CC(=O)c2ccccc2N)NC1=O. The molecule has 37 nitrogen and oxygen atoms in total. The summed E-state index contributed by atoms with van der Waals surface area (Å²) in [4.78, 5) is 224. The lowest BCUT2D eigenvalue weighted by molar-refractivity contribution is -0.156. The van der Waals surface area contributed by atoms with Crippen molar-refractivity contribution in [2.75, 3.05) is 32.0 Å². The Morgan fingerprint density at radius 1 is 0.628 bits per heavy atom. The number of nitrogens with one attached hydrogen (secondary N) is 11. The molecule has 11 unspecified atom stereocenters. The Labute approximate surface area is 488 Å². The van der Waals surface area contributed by atoms with Gasteiger partial charge in [0.15, 0.2) is 5.78 Å². The molecule has 12 amide bonds. The van der Waals surface area contributed by atoms with Gasteiger partial charge in [0.2, 0.25) is 70.9 Å². The number of aliphatic hydroxyl groups is 1. The standard InChI is InChI=1S/C49H71N15O22/c1-4-25-43(79)63-30(13-32(66)22-8-5-6-9-23(22)51)49(85)86-21(3)39(64-46(82)29(16-38(74)75)61-41(77)24(52)12-33(53)67)48(84)55-18-34(68)57-26(10-7-11-50)44(80)62-28(15-37(72)73)45(81)56-20(2)40(76)60-27(14-36(70)71)42(78)54-17-35(69)58-31(19-65)47(83)59-25/h5-6,8-9,20-21,24-31,39,65H,4,7,10-19,50-52H2,1-3H3,(H2,53,67)(H,54,78)(H,55,84)(H,56,81)(H,57,68)(H,58,69)(H,59,83)(H,60,76)(H,61,77)(H,62,80)(H,63,79)(H,64,82)(H,70,71)(H,72,73)(H,74,75). The van der Waals surface area contributed by atoms with Crippen molar-refractivity contribution in [3.8, 4) is 0 Å². The Bertz CT molecular complexity index is 2750. The summed E-state index contributed by atoms with van der Waals surface area (Å²) in [5.41, 5.74) is 22.1. The smallest absolute Gasteiger partial charge is 0.329 e. The van der Waals surface area contributed by atoms with Gasteiger partial charge in [0.05, 0.1) is 51.4 Å². The summed E-state index contributed by atoms with van der Waals surface area (Å²) in [6, 6.07) is -13.8. The number of carbonyl (C=O) groups is 17. The zero-order valence-electron chi connectivity index (χ0n) is 46.6. The highest BCUT2D eigenvalue weighted by Crippen LogP contribution is 2.16. The number of aliphatic hydroxyl groups excluding tert-OH is 1. The number of primary amides is 1. The average Bonchev–Trinajstić information content (AvgIpc) is 3.62. The lowest BCUT2D eigenvalue weighted by Gasteiger charge is -2.29. The lowest BCUT2D eigenvalue weighted by atomic mass is 10.0. The summed E-state index contributed by atoms with van der Waals surface area (Å²) in [5.74, 6) is -23.0. The first-order chi connectivity index (χ1) is 40.3. The van der Waals surface area contributed by atoms with Crippen molar-refractivity contribution < 1.29 is 107 Å². The third kappa shape index (κ3) is 24.5. The van der Waals surface area contributed by atoms with Gasteiger partial charge in [-0.05, 0) is 51.8 Å². The molecule has 1 fully saturated rings. The molecule has 1 heterocycles. The van der Waals surface area contributed by atoms with E-state index in [1.165, 1.54) is 31.2 Å².